The van der Waals surface area contributed by atoms with Crippen molar-refractivity contribution < 1.29 is 14.2 Å². The maximum atomic E-state index is 6.07. The highest BCUT2D eigenvalue weighted by molar-refractivity contribution is 7.14. The molecule has 1 aliphatic rings. The molecule has 1 aromatic carbocycles. The molecule has 0 radical (unpaired) electrons. The van der Waals surface area contributed by atoms with Gasteiger partial charge >= 0.3 is 0 Å². The lowest BCUT2D eigenvalue weighted by atomic mass is 10.1. The van der Waals surface area contributed by atoms with E-state index in [1.807, 2.05) is 13.8 Å². The minimum Gasteiger partial charge on any atom is -0.490 e. The van der Waals surface area contributed by atoms with Gasteiger partial charge in [-0.1, -0.05) is 31.1 Å². The van der Waals surface area contributed by atoms with Gasteiger partial charge in [0.05, 0.1) is 6.61 Å². The van der Waals surface area contributed by atoms with Crippen molar-refractivity contribution in [2.45, 2.75) is 72.2 Å². The van der Waals surface area contributed by atoms with E-state index in [1.54, 1.807) is 11.3 Å². The minimum atomic E-state index is -0.519. The molecule has 1 atom stereocenters. The predicted molar refractivity (Wildman–Crippen MR) is 108 cm³/mol. The Balaban J connectivity index is 1.66. The molecule has 27 heavy (non-hydrogen) atoms. The van der Waals surface area contributed by atoms with Crippen LogP contribution in [0.5, 0.6) is 5.75 Å². The normalized spacial score (nSPS) is 18.8. The van der Waals surface area contributed by atoms with E-state index in [-0.39, 0.29) is 6.10 Å². The van der Waals surface area contributed by atoms with E-state index < -0.39 is 5.79 Å². The minimum absolute atomic E-state index is 0.0349. The lowest BCUT2D eigenvalue weighted by molar-refractivity contribution is -0.141. The number of ether oxygens (including phenoxy) is 3. The molecule has 3 rings (SSSR count). The highest BCUT2D eigenvalue weighted by Gasteiger charge is 2.33. The molecule has 0 aliphatic carbocycles. The van der Waals surface area contributed by atoms with Crippen LogP contribution in [0.1, 0.15) is 56.2 Å². The van der Waals surface area contributed by atoms with Crippen LogP contribution in [-0.2, 0) is 15.9 Å². The summed E-state index contributed by atoms with van der Waals surface area (Å²) in [7, 11) is 0. The lowest BCUT2D eigenvalue weighted by Gasteiger charge is -2.18. The van der Waals surface area contributed by atoms with Crippen LogP contribution in [0.25, 0.3) is 10.6 Å². The third-order valence-electron chi connectivity index (χ3n) is 4.65. The van der Waals surface area contributed by atoms with Crippen molar-refractivity contribution in [3.05, 3.63) is 28.3 Å². The number of aromatic nitrogens is 2. The van der Waals surface area contributed by atoms with Crippen molar-refractivity contribution in [3.63, 3.8) is 0 Å². The predicted octanol–water partition coefficient (Wildman–Crippen LogP) is 5.08. The zero-order chi connectivity index (χ0) is 19.4. The molecule has 5 nitrogen and oxygen atoms in total. The van der Waals surface area contributed by atoms with Crippen molar-refractivity contribution in [3.8, 4) is 16.3 Å². The number of benzene rings is 1. The first-order chi connectivity index (χ1) is 12.9. The van der Waals surface area contributed by atoms with Crippen LogP contribution >= 0.6 is 11.3 Å². The summed E-state index contributed by atoms with van der Waals surface area (Å²) in [5, 5.41) is 10.8. The second-order valence-electron chi connectivity index (χ2n) is 7.66. The summed E-state index contributed by atoms with van der Waals surface area (Å²) in [6.07, 6.45) is 4.63. The van der Waals surface area contributed by atoms with E-state index in [0.29, 0.717) is 13.2 Å². The zero-order valence-corrected chi connectivity index (χ0v) is 17.8. The van der Waals surface area contributed by atoms with Crippen molar-refractivity contribution in [2.24, 2.45) is 0 Å². The average molecular weight is 391 g/mol. The van der Waals surface area contributed by atoms with Gasteiger partial charge in [-0.05, 0) is 57.4 Å². The van der Waals surface area contributed by atoms with Gasteiger partial charge in [0.15, 0.2) is 5.79 Å². The van der Waals surface area contributed by atoms with Crippen LogP contribution in [0.15, 0.2) is 12.1 Å². The summed E-state index contributed by atoms with van der Waals surface area (Å²) in [5.74, 6) is 0.397. The Morgan fingerprint density at radius 1 is 1.19 bits per heavy atom. The Morgan fingerprint density at radius 3 is 2.56 bits per heavy atom. The monoisotopic (exact) mass is 390 g/mol. The Morgan fingerprint density at radius 2 is 1.93 bits per heavy atom. The van der Waals surface area contributed by atoms with E-state index in [2.05, 4.69) is 43.1 Å². The van der Waals surface area contributed by atoms with Crippen LogP contribution in [0.3, 0.4) is 0 Å². The third kappa shape index (κ3) is 5.27. The summed E-state index contributed by atoms with van der Waals surface area (Å²) >= 11 is 1.69. The largest absolute Gasteiger partial charge is 0.490 e. The standard InChI is InChI=1S/C21H30N2O3S/c1-6-7-8-9-18-22-23-20(27-18)16-10-14(2)19(15(3)11-16)24-12-17-13-25-21(4,5)26-17/h10-11,17H,6-9,12-13H2,1-5H3. The smallest absolute Gasteiger partial charge is 0.163 e. The van der Waals surface area contributed by atoms with E-state index in [0.717, 1.165) is 38.9 Å². The van der Waals surface area contributed by atoms with E-state index in [1.165, 1.54) is 19.3 Å². The SMILES string of the molecule is CCCCCc1nnc(-c2cc(C)c(OCC3COC(C)(C)O3)c(C)c2)s1. The highest BCUT2D eigenvalue weighted by Crippen LogP contribution is 2.32. The van der Waals surface area contributed by atoms with Gasteiger partial charge < -0.3 is 14.2 Å². The Bertz CT molecular complexity index is 750. The van der Waals surface area contributed by atoms with E-state index in [9.17, 15) is 0 Å². The molecule has 0 saturated carbocycles. The Hall–Kier alpha value is -1.50. The van der Waals surface area contributed by atoms with Gasteiger partial charge in [-0.2, -0.15) is 0 Å². The van der Waals surface area contributed by atoms with Crippen LogP contribution in [-0.4, -0.2) is 35.3 Å². The van der Waals surface area contributed by atoms with Gasteiger partial charge in [0.2, 0.25) is 0 Å². The Kier molecular flexibility index (Phi) is 6.50. The molecule has 1 aromatic heterocycles. The number of aryl methyl sites for hydroxylation is 3. The quantitative estimate of drug-likeness (QED) is 0.588. The van der Waals surface area contributed by atoms with E-state index >= 15 is 0 Å². The molecular weight excluding hydrogens is 360 g/mol. The molecule has 2 heterocycles. The molecule has 0 bridgehead atoms. The summed E-state index contributed by atoms with van der Waals surface area (Å²) in [6.45, 7) is 11.3. The van der Waals surface area contributed by atoms with Crippen molar-refractivity contribution >= 4 is 11.3 Å². The van der Waals surface area contributed by atoms with E-state index in [4.69, 9.17) is 14.2 Å². The van der Waals surface area contributed by atoms with Crippen molar-refractivity contribution in [2.75, 3.05) is 13.2 Å². The van der Waals surface area contributed by atoms with Gasteiger partial charge in [-0.25, -0.2) is 0 Å². The average Bonchev–Trinajstić information content (AvgIpc) is 3.20. The topological polar surface area (TPSA) is 53.5 Å². The fourth-order valence-corrected chi connectivity index (χ4v) is 4.19. The first kappa shape index (κ1) is 20.2. The van der Waals surface area contributed by atoms with Gasteiger partial charge in [0, 0.05) is 12.0 Å². The zero-order valence-electron chi connectivity index (χ0n) is 17.0. The molecule has 0 spiro atoms. The summed E-state index contributed by atoms with van der Waals surface area (Å²) < 4.78 is 17.5. The molecule has 1 unspecified atom stereocenters. The molecule has 0 N–H and O–H groups in total. The number of nitrogens with zero attached hydrogens (tertiary/aromatic N) is 2. The number of unbranched alkanes of at least 4 members (excludes halogenated alkanes) is 2. The summed E-state index contributed by atoms with van der Waals surface area (Å²) in [5.41, 5.74) is 3.31. The number of rotatable bonds is 8. The highest BCUT2D eigenvalue weighted by atomic mass is 32.1. The molecule has 6 heteroatoms. The second kappa shape index (κ2) is 8.67. The first-order valence-corrected chi connectivity index (χ1v) is 10.6. The van der Waals surface area contributed by atoms with Crippen molar-refractivity contribution in [1.82, 2.24) is 10.2 Å². The molecule has 1 fully saturated rings. The second-order valence-corrected chi connectivity index (χ2v) is 8.72. The molecule has 148 valence electrons. The van der Waals surface area contributed by atoms with Gasteiger partial charge in [0.25, 0.3) is 0 Å². The Labute approximate surface area is 166 Å². The third-order valence-corrected chi connectivity index (χ3v) is 5.68. The summed E-state index contributed by atoms with van der Waals surface area (Å²) in [4.78, 5) is 0. The van der Waals surface area contributed by atoms with Crippen LogP contribution in [0, 0.1) is 13.8 Å². The van der Waals surface area contributed by atoms with Crippen molar-refractivity contribution in [1.29, 1.82) is 0 Å². The summed E-state index contributed by atoms with van der Waals surface area (Å²) in [6, 6.07) is 4.27. The fourth-order valence-electron chi connectivity index (χ4n) is 3.32. The maximum absolute atomic E-state index is 6.07. The first-order valence-electron chi connectivity index (χ1n) is 9.76. The molecule has 2 aromatic rings. The fraction of sp³-hybridized carbons (Fsp3) is 0.619. The number of hydrogen-bond donors (Lipinski definition) is 0. The van der Waals surface area contributed by atoms with Crippen LogP contribution < -0.4 is 4.74 Å². The van der Waals surface area contributed by atoms with Gasteiger partial charge in [0.1, 0.15) is 28.5 Å². The number of hydrogen-bond acceptors (Lipinski definition) is 6. The van der Waals surface area contributed by atoms with Gasteiger partial charge in [-0.15, -0.1) is 10.2 Å². The molecule has 1 aliphatic heterocycles. The van der Waals surface area contributed by atoms with Crippen LogP contribution in [0.2, 0.25) is 0 Å². The maximum Gasteiger partial charge on any atom is 0.163 e. The molecule has 0 amide bonds. The molecular formula is C21H30N2O3S. The van der Waals surface area contributed by atoms with Gasteiger partial charge in [-0.3, -0.25) is 0 Å². The lowest BCUT2D eigenvalue weighted by Crippen LogP contribution is -2.25. The molecule has 1 saturated heterocycles. The van der Waals surface area contributed by atoms with Crippen LogP contribution in [0.4, 0.5) is 0 Å².